The van der Waals surface area contributed by atoms with Crippen LogP contribution < -0.4 is 21.3 Å². The molecule has 1 fully saturated rings. The second kappa shape index (κ2) is 9.80. The molecule has 4 N–H and O–H groups in total. The van der Waals surface area contributed by atoms with E-state index >= 15 is 0 Å². The number of pyridine rings is 1. The first-order chi connectivity index (χ1) is 16.2. The molecule has 9 heteroatoms. The van der Waals surface area contributed by atoms with Crippen molar-refractivity contribution in [3.8, 4) is 0 Å². The molecule has 0 unspecified atom stereocenters. The molecular weight excluding hydrogens is 448 g/mol. The molecule has 0 aliphatic carbocycles. The first kappa shape index (κ1) is 23.7. The number of carbonyl (C=O) groups is 2. The minimum absolute atomic E-state index is 0.0170. The number of aromatic nitrogens is 2. The summed E-state index contributed by atoms with van der Waals surface area (Å²) in [6.07, 6.45) is 3.46. The van der Waals surface area contributed by atoms with Gasteiger partial charge in [-0.25, -0.2) is 9.97 Å². The summed E-state index contributed by atoms with van der Waals surface area (Å²) >= 11 is 1.36. The molecule has 0 saturated carbocycles. The molecule has 1 aliphatic heterocycles. The number of anilines is 3. The first-order valence-electron chi connectivity index (χ1n) is 11.4. The van der Waals surface area contributed by atoms with Crippen molar-refractivity contribution in [1.82, 2.24) is 15.3 Å². The lowest BCUT2D eigenvalue weighted by molar-refractivity contribution is 0.0932. The number of hydrogen-bond donors (Lipinski definition) is 3. The number of hydrogen-bond acceptors (Lipinski definition) is 7. The van der Waals surface area contributed by atoms with Gasteiger partial charge in [0, 0.05) is 30.9 Å². The predicted molar refractivity (Wildman–Crippen MR) is 136 cm³/mol. The Bertz CT molecular complexity index is 1150. The van der Waals surface area contributed by atoms with E-state index < -0.39 is 5.91 Å². The zero-order valence-corrected chi connectivity index (χ0v) is 20.5. The molecule has 0 radical (unpaired) electrons. The molecule has 178 valence electrons. The van der Waals surface area contributed by atoms with E-state index in [-0.39, 0.29) is 23.1 Å². The van der Waals surface area contributed by atoms with Crippen molar-refractivity contribution in [3.63, 3.8) is 0 Å². The molecule has 8 nitrogen and oxygen atoms in total. The molecule has 34 heavy (non-hydrogen) atoms. The fourth-order valence-corrected chi connectivity index (χ4v) is 4.92. The summed E-state index contributed by atoms with van der Waals surface area (Å²) in [6.45, 7) is 7.86. The molecule has 0 bridgehead atoms. The molecule has 1 atom stereocenters. The molecule has 3 aromatic rings. The maximum Gasteiger partial charge on any atom is 0.270 e. The van der Waals surface area contributed by atoms with Crippen LogP contribution in [0.15, 0.2) is 48.7 Å². The Labute approximate surface area is 203 Å². The van der Waals surface area contributed by atoms with E-state index in [0.29, 0.717) is 28.1 Å². The summed E-state index contributed by atoms with van der Waals surface area (Å²) in [5, 5.41) is 7.55. The average Bonchev–Trinajstić information content (AvgIpc) is 3.23. The number of primary amides is 1. The van der Waals surface area contributed by atoms with Gasteiger partial charge in [-0.2, -0.15) is 0 Å². The Hall–Kier alpha value is -3.46. The highest BCUT2D eigenvalue weighted by Gasteiger charge is 2.26. The van der Waals surface area contributed by atoms with Gasteiger partial charge >= 0.3 is 0 Å². The summed E-state index contributed by atoms with van der Waals surface area (Å²) in [5.41, 5.74) is 7.65. The van der Waals surface area contributed by atoms with Crippen LogP contribution in [0.1, 0.15) is 60.0 Å². The Morgan fingerprint density at radius 1 is 1.15 bits per heavy atom. The van der Waals surface area contributed by atoms with Crippen LogP contribution in [0.3, 0.4) is 0 Å². The number of nitrogens with zero attached hydrogens (tertiary/aromatic N) is 3. The summed E-state index contributed by atoms with van der Waals surface area (Å²) in [4.78, 5) is 35.7. The van der Waals surface area contributed by atoms with Crippen molar-refractivity contribution in [2.45, 2.75) is 45.1 Å². The topological polar surface area (TPSA) is 113 Å². The third-order valence-corrected chi connectivity index (χ3v) is 6.83. The number of nitrogens with two attached hydrogens (primary N) is 1. The first-order valence-corrected chi connectivity index (χ1v) is 12.2. The van der Waals surface area contributed by atoms with Crippen LogP contribution in [-0.4, -0.2) is 40.9 Å². The lowest BCUT2D eigenvalue weighted by Gasteiger charge is -2.33. The monoisotopic (exact) mass is 478 g/mol. The SMILES string of the molecule is CC(C)(C)c1ccc(C(=O)N[C@@H]2CCCN(c3nc(C(N)=O)c(Nc4ccccn4)s3)C2)cc1. The van der Waals surface area contributed by atoms with E-state index in [4.69, 9.17) is 5.73 Å². The minimum atomic E-state index is -0.596. The number of nitrogens with one attached hydrogen (secondary N) is 2. The second-order valence-corrected chi connectivity index (χ2v) is 10.4. The number of thiazole rings is 1. The van der Waals surface area contributed by atoms with E-state index in [2.05, 4.69) is 46.3 Å². The van der Waals surface area contributed by atoms with Gasteiger partial charge in [-0.05, 0) is 48.1 Å². The number of piperidine rings is 1. The third-order valence-electron chi connectivity index (χ3n) is 5.80. The van der Waals surface area contributed by atoms with Gasteiger partial charge in [0.05, 0.1) is 0 Å². The van der Waals surface area contributed by atoms with Gasteiger partial charge in [0.2, 0.25) is 0 Å². The van der Waals surface area contributed by atoms with Crippen LogP contribution in [0, 0.1) is 0 Å². The largest absolute Gasteiger partial charge is 0.364 e. The van der Waals surface area contributed by atoms with Gasteiger partial charge in [-0.1, -0.05) is 50.3 Å². The van der Waals surface area contributed by atoms with E-state index in [1.165, 1.54) is 16.9 Å². The maximum atomic E-state index is 12.8. The van der Waals surface area contributed by atoms with E-state index in [1.807, 2.05) is 42.5 Å². The quantitative estimate of drug-likeness (QED) is 0.492. The summed E-state index contributed by atoms with van der Waals surface area (Å²) in [5.74, 6) is -0.0651. The maximum absolute atomic E-state index is 12.8. The summed E-state index contributed by atoms with van der Waals surface area (Å²) in [7, 11) is 0. The zero-order chi connectivity index (χ0) is 24.3. The van der Waals surface area contributed by atoms with Crippen LogP contribution in [0.5, 0.6) is 0 Å². The summed E-state index contributed by atoms with van der Waals surface area (Å²) < 4.78 is 0. The highest BCUT2D eigenvalue weighted by atomic mass is 32.1. The smallest absolute Gasteiger partial charge is 0.270 e. The molecule has 3 heterocycles. The second-order valence-electron chi connectivity index (χ2n) is 9.46. The van der Waals surface area contributed by atoms with Gasteiger partial charge in [-0.3, -0.25) is 9.59 Å². The van der Waals surface area contributed by atoms with E-state index in [1.54, 1.807) is 6.20 Å². The van der Waals surface area contributed by atoms with Gasteiger partial charge in [0.25, 0.3) is 11.8 Å². The molecule has 4 rings (SSSR count). The number of rotatable bonds is 6. The van der Waals surface area contributed by atoms with Crippen molar-refractivity contribution < 1.29 is 9.59 Å². The van der Waals surface area contributed by atoms with Crippen molar-refractivity contribution in [2.75, 3.05) is 23.3 Å². The average molecular weight is 479 g/mol. The molecular formula is C25H30N6O2S. The van der Waals surface area contributed by atoms with Crippen LogP contribution in [0.25, 0.3) is 0 Å². The van der Waals surface area contributed by atoms with Crippen molar-refractivity contribution in [2.24, 2.45) is 5.73 Å². The fourth-order valence-electron chi connectivity index (χ4n) is 3.91. The van der Waals surface area contributed by atoms with Gasteiger partial charge in [0.15, 0.2) is 10.8 Å². The van der Waals surface area contributed by atoms with Gasteiger partial charge in [0.1, 0.15) is 10.8 Å². The summed E-state index contributed by atoms with van der Waals surface area (Å²) in [6, 6.07) is 13.3. The Morgan fingerprint density at radius 2 is 1.91 bits per heavy atom. The van der Waals surface area contributed by atoms with Crippen LogP contribution in [0.2, 0.25) is 0 Å². The Kier molecular flexibility index (Phi) is 6.83. The number of amides is 2. The Balaban J connectivity index is 1.45. The lowest BCUT2D eigenvalue weighted by atomic mass is 9.86. The van der Waals surface area contributed by atoms with Gasteiger partial charge < -0.3 is 21.3 Å². The van der Waals surface area contributed by atoms with Crippen molar-refractivity contribution in [3.05, 3.63) is 65.5 Å². The molecule has 1 aromatic carbocycles. The highest BCUT2D eigenvalue weighted by Crippen LogP contribution is 2.34. The molecule has 2 aromatic heterocycles. The third kappa shape index (κ3) is 5.53. The lowest BCUT2D eigenvalue weighted by Crippen LogP contribution is -2.47. The molecule has 1 aliphatic rings. The highest BCUT2D eigenvalue weighted by molar-refractivity contribution is 7.20. The van der Waals surface area contributed by atoms with E-state index in [0.717, 1.165) is 19.4 Å². The van der Waals surface area contributed by atoms with Gasteiger partial charge in [-0.15, -0.1) is 0 Å². The standard InChI is InChI=1S/C25H30N6O2S/c1-25(2,3)17-11-9-16(10-12-17)22(33)28-18-7-6-14-31(15-18)24-30-20(21(26)32)23(34-24)29-19-8-4-5-13-27-19/h4-5,8-13,18H,6-7,14-15H2,1-3H3,(H2,26,32)(H,27,29)(H,28,33)/t18-/m1/s1. The zero-order valence-electron chi connectivity index (χ0n) is 19.7. The molecule has 1 saturated heterocycles. The number of benzene rings is 1. The van der Waals surface area contributed by atoms with Crippen LogP contribution >= 0.6 is 11.3 Å². The molecule has 0 spiro atoms. The van der Waals surface area contributed by atoms with Crippen LogP contribution in [0.4, 0.5) is 16.0 Å². The number of carbonyl (C=O) groups excluding carboxylic acids is 2. The van der Waals surface area contributed by atoms with Crippen LogP contribution in [-0.2, 0) is 5.41 Å². The Morgan fingerprint density at radius 3 is 2.56 bits per heavy atom. The molecule has 2 amide bonds. The van der Waals surface area contributed by atoms with E-state index in [9.17, 15) is 9.59 Å². The fraction of sp³-hybridized carbons (Fsp3) is 0.360. The van der Waals surface area contributed by atoms with Crippen molar-refractivity contribution in [1.29, 1.82) is 0 Å². The minimum Gasteiger partial charge on any atom is -0.364 e. The van der Waals surface area contributed by atoms with Crippen molar-refractivity contribution >= 4 is 39.1 Å². The normalized spacial score (nSPS) is 16.2. The predicted octanol–water partition coefficient (Wildman–Crippen LogP) is 4.08.